The van der Waals surface area contributed by atoms with Crippen molar-refractivity contribution in [3.63, 3.8) is 0 Å². The van der Waals surface area contributed by atoms with Crippen molar-refractivity contribution in [3.8, 4) is 0 Å². The van der Waals surface area contributed by atoms with Crippen LogP contribution in [0.4, 0.5) is 5.82 Å². The first-order chi connectivity index (χ1) is 6.18. The molecule has 1 aromatic rings. The van der Waals surface area contributed by atoms with Crippen molar-refractivity contribution >= 4 is 17.4 Å². The zero-order chi connectivity index (χ0) is 9.42. The molecule has 1 aliphatic rings. The van der Waals surface area contributed by atoms with Crippen LogP contribution in [0.25, 0.3) is 5.57 Å². The zero-order valence-electron chi connectivity index (χ0n) is 6.82. The van der Waals surface area contributed by atoms with Gasteiger partial charge in [0.2, 0.25) is 0 Å². The first-order valence-corrected chi connectivity index (χ1v) is 3.86. The molecule has 1 heterocycles. The summed E-state index contributed by atoms with van der Waals surface area (Å²) in [5, 5.41) is 8.80. The Bertz CT molecular complexity index is 410. The van der Waals surface area contributed by atoms with E-state index in [1.54, 1.807) is 12.1 Å². The quantitative estimate of drug-likeness (QED) is 0.660. The van der Waals surface area contributed by atoms with Gasteiger partial charge in [-0.3, -0.25) is 0 Å². The van der Waals surface area contributed by atoms with Crippen molar-refractivity contribution in [2.45, 2.75) is 6.42 Å². The van der Waals surface area contributed by atoms with Gasteiger partial charge in [-0.2, -0.15) is 0 Å². The Morgan fingerprint density at radius 3 is 3.08 bits per heavy atom. The molecule has 66 valence electrons. The van der Waals surface area contributed by atoms with Crippen molar-refractivity contribution in [1.82, 2.24) is 4.98 Å². The predicted octanol–water partition coefficient (Wildman–Crippen LogP) is 0.688. The summed E-state index contributed by atoms with van der Waals surface area (Å²) in [4.78, 5) is 14.6. The number of allylic oxidation sites excluding steroid dienone is 1. The van der Waals surface area contributed by atoms with Crippen LogP contribution in [-0.4, -0.2) is 16.1 Å². The minimum Gasteiger partial charge on any atom is -0.478 e. The topological polar surface area (TPSA) is 76.2 Å². The summed E-state index contributed by atoms with van der Waals surface area (Å²) in [6, 6.07) is 1.71. The van der Waals surface area contributed by atoms with Crippen LogP contribution >= 0.6 is 0 Å². The number of fused-ring (bicyclic) bond motifs is 1. The summed E-state index contributed by atoms with van der Waals surface area (Å²) in [7, 11) is 0. The molecule has 0 saturated heterocycles. The molecule has 1 aromatic heterocycles. The van der Waals surface area contributed by atoms with Gasteiger partial charge < -0.3 is 10.8 Å². The standard InChI is InChI=1S/C9H8N2O2/c10-8-3-5-1-2-6(9(12)13)7(5)4-11-8/h2-4H,1H2,(H2,10,11)(H,12,13). The van der Waals surface area contributed by atoms with E-state index >= 15 is 0 Å². The number of hydrogen-bond donors (Lipinski definition) is 2. The van der Waals surface area contributed by atoms with Gasteiger partial charge in [0.1, 0.15) is 5.82 Å². The average Bonchev–Trinajstić information content (AvgIpc) is 2.46. The van der Waals surface area contributed by atoms with Crippen molar-refractivity contribution in [2.75, 3.05) is 5.73 Å². The third kappa shape index (κ3) is 1.16. The lowest BCUT2D eigenvalue weighted by molar-refractivity contribution is -0.130. The minimum atomic E-state index is -0.912. The molecule has 0 aliphatic heterocycles. The number of nitrogens with zero attached hydrogens (tertiary/aromatic N) is 1. The number of hydrogen-bond acceptors (Lipinski definition) is 3. The zero-order valence-corrected chi connectivity index (χ0v) is 6.82. The van der Waals surface area contributed by atoms with Gasteiger partial charge in [0.05, 0.1) is 5.57 Å². The molecule has 4 heteroatoms. The maximum absolute atomic E-state index is 10.7. The summed E-state index contributed by atoms with van der Waals surface area (Å²) in [5.41, 5.74) is 7.41. The van der Waals surface area contributed by atoms with Crippen LogP contribution in [-0.2, 0) is 11.2 Å². The summed E-state index contributed by atoms with van der Waals surface area (Å²) < 4.78 is 0. The number of pyridine rings is 1. The highest BCUT2D eigenvalue weighted by molar-refractivity contribution is 6.16. The fourth-order valence-corrected chi connectivity index (χ4v) is 1.45. The summed E-state index contributed by atoms with van der Waals surface area (Å²) in [6.45, 7) is 0. The molecule has 0 aromatic carbocycles. The number of nitrogen functional groups attached to an aromatic ring is 1. The number of anilines is 1. The molecule has 0 fully saturated rings. The number of rotatable bonds is 1. The van der Waals surface area contributed by atoms with E-state index in [1.807, 2.05) is 0 Å². The molecular formula is C9H8N2O2. The van der Waals surface area contributed by atoms with E-state index in [2.05, 4.69) is 4.98 Å². The molecule has 4 nitrogen and oxygen atoms in total. The Morgan fingerprint density at radius 2 is 2.38 bits per heavy atom. The van der Waals surface area contributed by atoms with Crippen molar-refractivity contribution in [1.29, 1.82) is 0 Å². The van der Waals surface area contributed by atoms with Gasteiger partial charge >= 0.3 is 5.97 Å². The fraction of sp³-hybridized carbons (Fsp3) is 0.111. The highest BCUT2D eigenvalue weighted by Gasteiger charge is 2.19. The molecule has 0 amide bonds. The molecule has 13 heavy (non-hydrogen) atoms. The third-order valence-electron chi connectivity index (χ3n) is 2.06. The Hall–Kier alpha value is -1.84. The van der Waals surface area contributed by atoms with Crippen LogP contribution < -0.4 is 5.73 Å². The smallest absolute Gasteiger partial charge is 0.336 e. The number of carbonyl (C=O) groups is 1. The maximum atomic E-state index is 10.7. The van der Waals surface area contributed by atoms with Crippen LogP contribution in [0.3, 0.4) is 0 Å². The number of carboxylic acids is 1. The molecule has 0 atom stereocenters. The van der Waals surface area contributed by atoms with Gasteiger partial charge in [-0.05, 0) is 18.1 Å². The van der Waals surface area contributed by atoms with Gasteiger partial charge in [-0.25, -0.2) is 9.78 Å². The summed E-state index contributed by atoms with van der Waals surface area (Å²) in [6.07, 6.45) is 3.81. The van der Waals surface area contributed by atoms with E-state index in [4.69, 9.17) is 10.8 Å². The largest absolute Gasteiger partial charge is 0.478 e. The number of carboxylic acid groups (broad SMARTS) is 1. The van der Waals surface area contributed by atoms with E-state index in [1.165, 1.54) is 6.20 Å². The molecule has 0 bridgehead atoms. The summed E-state index contributed by atoms with van der Waals surface area (Å²) >= 11 is 0. The third-order valence-corrected chi connectivity index (χ3v) is 2.06. The second kappa shape index (κ2) is 2.58. The summed E-state index contributed by atoms with van der Waals surface area (Å²) in [5.74, 6) is -0.482. The lowest BCUT2D eigenvalue weighted by Gasteiger charge is -2.01. The number of nitrogens with two attached hydrogens (primary N) is 1. The van der Waals surface area contributed by atoms with Gasteiger partial charge in [0.25, 0.3) is 0 Å². The normalized spacial score (nSPS) is 13.7. The van der Waals surface area contributed by atoms with E-state index in [0.29, 0.717) is 23.4 Å². The van der Waals surface area contributed by atoms with Gasteiger partial charge in [0, 0.05) is 11.8 Å². The first kappa shape index (κ1) is 7.79. The Labute approximate surface area is 74.7 Å². The van der Waals surface area contributed by atoms with Gasteiger partial charge in [0.15, 0.2) is 0 Å². The molecule has 2 rings (SSSR count). The van der Waals surface area contributed by atoms with Crippen molar-refractivity contribution in [3.05, 3.63) is 29.5 Å². The SMILES string of the molecule is Nc1cc2c(cn1)C(C(=O)O)=CC2. The van der Waals surface area contributed by atoms with Crippen LogP contribution in [0.5, 0.6) is 0 Å². The Balaban J connectivity index is 2.51. The minimum absolute atomic E-state index is 0.322. The lowest BCUT2D eigenvalue weighted by Crippen LogP contribution is -1.99. The fourth-order valence-electron chi connectivity index (χ4n) is 1.45. The van der Waals surface area contributed by atoms with E-state index in [0.717, 1.165) is 5.56 Å². The predicted molar refractivity (Wildman–Crippen MR) is 48.0 cm³/mol. The van der Waals surface area contributed by atoms with Crippen LogP contribution in [0.2, 0.25) is 0 Å². The number of aromatic nitrogens is 1. The maximum Gasteiger partial charge on any atom is 0.336 e. The Kier molecular flexibility index (Phi) is 1.55. The number of aliphatic carboxylic acids is 1. The van der Waals surface area contributed by atoms with E-state index in [9.17, 15) is 4.79 Å². The molecule has 0 saturated carbocycles. The van der Waals surface area contributed by atoms with E-state index < -0.39 is 5.97 Å². The monoisotopic (exact) mass is 176 g/mol. The highest BCUT2D eigenvalue weighted by atomic mass is 16.4. The second-order valence-corrected chi connectivity index (χ2v) is 2.89. The lowest BCUT2D eigenvalue weighted by atomic mass is 10.1. The molecule has 1 aliphatic carbocycles. The Morgan fingerprint density at radius 1 is 1.62 bits per heavy atom. The van der Waals surface area contributed by atoms with Crippen molar-refractivity contribution in [2.24, 2.45) is 0 Å². The average molecular weight is 176 g/mol. The van der Waals surface area contributed by atoms with Crippen LogP contribution in [0.1, 0.15) is 11.1 Å². The molecule has 0 spiro atoms. The van der Waals surface area contributed by atoms with E-state index in [-0.39, 0.29) is 0 Å². The van der Waals surface area contributed by atoms with Gasteiger partial charge in [-0.15, -0.1) is 0 Å². The molecule has 0 unspecified atom stereocenters. The molecule has 0 radical (unpaired) electrons. The second-order valence-electron chi connectivity index (χ2n) is 2.89. The highest BCUT2D eigenvalue weighted by Crippen LogP contribution is 2.27. The van der Waals surface area contributed by atoms with Crippen molar-refractivity contribution < 1.29 is 9.90 Å². The van der Waals surface area contributed by atoms with Crippen LogP contribution in [0.15, 0.2) is 18.3 Å². The van der Waals surface area contributed by atoms with Crippen LogP contribution in [0, 0.1) is 0 Å². The first-order valence-electron chi connectivity index (χ1n) is 3.86. The van der Waals surface area contributed by atoms with Gasteiger partial charge in [-0.1, -0.05) is 6.08 Å². The molecular weight excluding hydrogens is 168 g/mol. The molecule has 3 N–H and O–H groups in total.